The molecule has 0 spiro atoms. The lowest BCUT2D eigenvalue weighted by molar-refractivity contribution is -0.0273. The van der Waals surface area contributed by atoms with E-state index in [1.54, 1.807) is 0 Å². The van der Waals surface area contributed by atoms with Crippen molar-refractivity contribution in [1.82, 2.24) is 0 Å². The average molecular weight is 298 g/mol. The lowest BCUT2D eigenvalue weighted by Gasteiger charge is -2.16. The first-order valence-electron chi connectivity index (χ1n) is 6.42. The Balaban J connectivity index is 2.52. The molecule has 1 atom stereocenters. The van der Waals surface area contributed by atoms with Crippen LogP contribution in [0, 0.1) is 0 Å². The minimum absolute atomic E-state index is 0.0555. The molecule has 7 nitrogen and oxygen atoms in total. The highest BCUT2D eigenvalue weighted by molar-refractivity contribution is 5.92. The molecule has 1 aromatic rings. The standard InChI is InChI=1S/C14H18O7/c15-6-5-12(20-8-7-16)9-21-14(19)11-3-1-10(2-4-11)13(17)18/h1-4,12,15-16H,5-9H2,(H,17,18). The second-order valence-electron chi connectivity index (χ2n) is 4.21. The Kier molecular flexibility index (Phi) is 7.38. The van der Waals surface area contributed by atoms with Crippen LogP contribution >= 0.6 is 0 Å². The zero-order valence-corrected chi connectivity index (χ0v) is 11.4. The van der Waals surface area contributed by atoms with Gasteiger partial charge in [-0.05, 0) is 30.7 Å². The molecule has 0 aromatic heterocycles. The monoisotopic (exact) mass is 298 g/mol. The van der Waals surface area contributed by atoms with Gasteiger partial charge in [0.05, 0.1) is 30.4 Å². The molecule has 0 heterocycles. The van der Waals surface area contributed by atoms with Gasteiger partial charge in [-0.2, -0.15) is 0 Å². The van der Waals surface area contributed by atoms with E-state index >= 15 is 0 Å². The number of carbonyl (C=O) groups excluding carboxylic acids is 1. The molecule has 7 heteroatoms. The Morgan fingerprint density at radius 1 is 1.05 bits per heavy atom. The summed E-state index contributed by atoms with van der Waals surface area (Å²) in [6.07, 6.45) is -0.213. The Morgan fingerprint density at radius 3 is 2.19 bits per heavy atom. The molecule has 3 N–H and O–H groups in total. The fraction of sp³-hybridized carbons (Fsp3) is 0.429. The Labute approximate surface area is 121 Å². The van der Waals surface area contributed by atoms with Crippen LogP contribution in [-0.2, 0) is 9.47 Å². The van der Waals surface area contributed by atoms with Crippen molar-refractivity contribution in [2.75, 3.05) is 26.4 Å². The molecular formula is C14H18O7. The van der Waals surface area contributed by atoms with Crippen LogP contribution in [0.4, 0.5) is 0 Å². The van der Waals surface area contributed by atoms with Crippen molar-refractivity contribution in [3.8, 4) is 0 Å². The van der Waals surface area contributed by atoms with Gasteiger partial charge in [0, 0.05) is 6.61 Å². The van der Waals surface area contributed by atoms with Crippen LogP contribution in [0.3, 0.4) is 0 Å². The van der Waals surface area contributed by atoms with E-state index in [4.69, 9.17) is 24.8 Å². The van der Waals surface area contributed by atoms with E-state index in [1.165, 1.54) is 24.3 Å². The third kappa shape index (κ3) is 5.90. The number of aliphatic hydroxyl groups excluding tert-OH is 2. The van der Waals surface area contributed by atoms with Crippen molar-refractivity contribution >= 4 is 11.9 Å². The maximum absolute atomic E-state index is 11.8. The number of aromatic carboxylic acids is 1. The highest BCUT2D eigenvalue weighted by Gasteiger charge is 2.14. The molecule has 0 amide bonds. The maximum Gasteiger partial charge on any atom is 0.338 e. The zero-order valence-electron chi connectivity index (χ0n) is 11.4. The normalized spacial score (nSPS) is 11.9. The number of hydrogen-bond acceptors (Lipinski definition) is 6. The van der Waals surface area contributed by atoms with Crippen molar-refractivity contribution < 1.29 is 34.4 Å². The van der Waals surface area contributed by atoms with E-state index in [0.717, 1.165) is 0 Å². The van der Waals surface area contributed by atoms with E-state index in [1.807, 2.05) is 0 Å². The molecular weight excluding hydrogens is 280 g/mol. The molecule has 1 aromatic carbocycles. The number of carbonyl (C=O) groups is 2. The SMILES string of the molecule is O=C(O)c1ccc(C(=O)OCC(CCO)OCCO)cc1. The lowest BCUT2D eigenvalue weighted by Crippen LogP contribution is -2.24. The molecule has 0 radical (unpaired) electrons. The summed E-state index contributed by atoms with van der Waals surface area (Å²) < 4.78 is 10.2. The topological polar surface area (TPSA) is 113 Å². The van der Waals surface area contributed by atoms with Crippen molar-refractivity contribution in [2.45, 2.75) is 12.5 Å². The summed E-state index contributed by atoms with van der Waals surface area (Å²) in [6.45, 7) is -0.247. The molecule has 116 valence electrons. The summed E-state index contributed by atoms with van der Waals surface area (Å²) in [5, 5.41) is 26.3. The van der Waals surface area contributed by atoms with Crippen molar-refractivity contribution in [2.24, 2.45) is 0 Å². The number of carboxylic acid groups (broad SMARTS) is 1. The first kappa shape index (κ1) is 17.1. The van der Waals surface area contributed by atoms with Crippen molar-refractivity contribution in [3.05, 3.63) is 35.4 Å². The fourth-order valence-electron chi connectivity index (χ4n) is 1.58. The van der Waals surface area contributed by atoms with Crippen LogP contribution in [0.5, 0.6) is 0 Å². The molecule has 21 heavy (non-hydrogen) atoms. The van der Waals surface area contributed by atoms with Crippen molar-refractivity contribution in [3.63, 3.8) is 0 Å². The number of carboxylic acids is 1. The third-order valence-corrected chi connectivity index (χ3v) is 2.66. The zero-order chi connectivity index (χ0) is 15.7. The second kappa shape index (κ2) is 9.06. The summed E-state index contributed by atoms with van der Waals surface area (Å²) in [6, 6.07) is 5.35. The predicted octanol–water partition coefficient (Wildman–Crippen LogP) is 0.301. The molecule has 1 unspecified atom stereocenters. The van der Waals surface area contributed by atoms with Crippen LogP contribution in [0.25, 0.3) is 0 Å². The summed E-state index contributed by atoms with van der Waals surface area (Å²) in [5.74, 6) is -1.68. The molecule has 1 rings (SSSR count). The quantitative estimate of drug-likeness (QED) is 0.562. The van der Waals surface area contributed by atoms with Gasteiger partial charge in [0.25, 0.3) is 0 Å². The number of benzene rings is 1. The number of esters is 1. The smallest absolute Gasteiger partial charge is 0.338 e. The summed E-state index contributed by atoms with van der Waals surface area (Å²) in [5.41, 5.74) is 0.306. The Hall–Kier alpha value is -1.96. The van der Waals surface area contributed by atoms with E-state index in [2.05, 4.69) is 0 Å². The fourth-order valence-corrected chi connectivity index (χ4v) is 1.58. The second-order valence-corrected chi connectivity index (χ2v) is 4.21. The van der Waals surface area contributed by atoms with Gasteiger partial charge in [0.15, 0.2) is 0 Å². The van der Waals surface area contributed by atoms with Gasteiger partial charge in [0.2, 0.25) is 0 Å². The minimum atomic E-state index is -1.07. The van der Waals surface area contributed by atoms with Gasteiger partial charge in [0.1, 0.15) is 6.61 Å². The van der Waals surface area contributed by atoms with E-state index in [9.17, 15) is 9.59 Å². The highest BCUT2D eigenvalue weighted by atomic mass is 16.6. The third-order valence-electron chi connectivity index (χ3n) is 2.66. The van der Waals surface area contributed by atoms with Gasteiger partial charge >= 0.3 is 11.9 Å². The molecule has 0 bridgehead atoms. The largest absolute Gasteiger partial charge is 0.478 e. The van der Waals surface area contributed by atoms with Gasteiger partial charge in [-0.25, -0.2) is 9.59 Å². The van der Waals surface area contributed by atoms with Crippen LogP contribution in [0.2, 0.25) is 0 Å². The molecule has 0 saturated heterocycles. The van der Waals surface area contributed by atoms with Gasteiger partial charge in [-0.1, -0.05) is 0 Å². The van der Waals surface area contributed by atoms with Gasteiger partial charge in [-0.15, -0.1) is 0 Å². The van der Waals surface area contributed by atoms with Crippen LogP contribution in [0.15, 0.2) is 24.3 Å². The molecule has 0 aliphatic heterocycles. The first-order valence-corrected chi connectivity index (χ1v) is 6.42. The van der Waals surface area contributed by atoms with Crippen LogP contribution in [-0.4, -0.2) is 59.8 Å². The summed E-state index contributed by atoms with van der Waals surface area (Å²) in [4.78, 5) is 22.5. The minimum Gasteiger partial charge on any atom is -0.478 e. The first-order chi connectivity index (χ1) is 10.1. The number of rotatable bonds is 9. The number of aliphatic hydroxyl groups is 2. The molecule has 0 aliphatic carbocycles. The predicted molar refractivity (Wildman–Crippen MR) is 72.2 cm³/mol. The average Bonchev–Trinajstić information content (AvgIpc) is 2.49. The molecule has 0 saturated carbocycles. The van der Waals surface area contributed by atoms with Crippen LogP contribution < -0.4 is 0 Å². The van der Waals surface area contributed by atoms with E-state index in [0.29, 0.717) is 0 Å². The van der Waals surface area contributed by atoms with Gasteiger partial charge in [-0.3, -0.25) is 0 Å². The lowest BCUT2D eigenvalue weighted by atomic mass is 10.1. The maximum atomic E-state index is 11.8. The van der Waals surface area contributed by atoms with Gasteiger partial charge < -0.3 is 24.8 Å². The Morgan fingerprint density at radius 2 is 1.67 bits per heavy atom. The highest BCUT2D eigenvalue weighted by Crippen LogP contribution is 2.07. The summed E-state index contributed by atoms with van der Waals surface area (Å²) in [7, 11) is 0. The summed E-state index contributed by atoms with van der Waals surface area (Å²) >= 11 is 0. The van der Waals surface area contributed by atoms with E-state index < -0.39 is 18.0 Å². The molecule has 0 fully saturated rings. The molecule has 0 aliphatic rings. The Bertz CT molecular complexity index is 455. The number of ether oxygens (including phenoxy) is 2. The van der Waals surface area contributed by atoms with Crippen molar-refractivity contribution in [1.29, 1.82) is 0 Å². The van der Waals surface area contributed by atoms with Crippen LogP contribution in [0.1, 0.15) is 27.1 Å². The van der Waals surface area contributed by atoms with E-state index in [-0.39, 0.29) is 44.0 Å². The number of hydrogen-bond donors (Lipinski definition) is 3.